The van der Waals surface area contributed by atoms with Crippen LogP contribution in [0, 0.1) is 18.3 Å². The molecule has 78 valence electrons. The van der Waals surface area contributed by atoms with Crippen LogP contribution in [0.1, 0.15) is 21.7 Å². The molecule has 6 heteroatoms. The largest absolute Gasteiger partial charge is 0.478 e. The summed E-state index contributed by atoms with van der Waals surface area (Å²) >= 11 is 1.17. The predicted octanol–water partition coefficient (Wildman–Crippen LogP) is 1.61. The number of carboxylic acids is 1. The van der Waals surface area contributed by atoms with E-state index in [2.05, 4.69) is 5.32 Å². The van der Waals surface area contributed by atoms with Crippen molar-refractivity contribution in [1.82, 2.24) is 0 Å². The molecule has 15 heavy (non-hydrogen) atoms. The van der Waals surface area contributed by atoms with Crippen molar-refractivity contribution in [3.8, 4) is 6.07 Å². The van der Waals surface area contributed by atoms with Crippen molar-refractivity contribution in [2.24, 2.45) is 0 Å². The van der Waals surface area contributed by atoms with E-state index >= 15 is 0 Å². The molecule has 0 saturated carbocycles. The van der Waals surface area contributed by atoms with Crippen LogP contribution >= 0.6 is 11.3 Å². The molecule has 0 aromatic carbocycles. The standard InChI is InChI=1S/C9H8N2O3S/c1-5-4-6(9(13)14)8(15-5)11-7(12)2-3-10/h4H,2H2,1H3,(H,11,12)(H,13,14). The molecule has 0 saturated heterocycles. The first-order chi connectivity index (χ1) is 7.04. The van der Waals surface area contributed by atoms with E-state index in [4.69, 9.17) is 10.4 Å². The number of rotatable bonds is 3. The average molecular weight is 224 g/mol. The molecule has 1 rings (SSSR count). The molecule has 1 amide bonds. The fourth-order valence-electron chi connectivity index (χ4n) is 1.01. The van der Waals surface area contributed by atoms with Crippen LogP contribution in [-0.2, 0) is 4.79 Å². The zero-order valence-electron chi connectivity index (χ0n) is 7.90. The molecule has 0 radical (unpaired) electrons. The molecule has 0 atom stereocenters. The first-order valence-electron chi connectivity index (χ1n) is 4.05. The molecule has 0 aliphatic carbocycles. The smallest absolute Gasteiger partial charge is 0.338 e. The highest BCUT2D eigenvalue weighted by atomic mass is 32.1. The predicted molar refractivity (Wildman–Crippen MR) is 54.9 cm³/mol. The van der Waals surface area contributed by atoms with Gasteiger partial charge in [-0.3, -0.25) is 4.79 Å². The Hall–Kier alpha value is -1.87. The van der Waals surface area contributed by atoms with Gasteiger partial charge in [0.2, 0.25) is 5.91 Å². The molecule has 1 aromatic heterocycles. The minimum absolute atomic E-state index is 0.0591. The lowest BCUT2D eigenvalue weighted by Crippen LogP contribution is -2.11. The first-order valence-corrected chi connectivity index (χ1v) is 4.86. The Labute approximate surface area is 90.0 Å². The number of anilines is 1. The first kappa shape index (κ1) is 11.2. The monoisotopic (exact) mass is 224 g/mol. The van der Waals surface area contributed by atoms with Crippen LogP contribution in [0.15, 0.2) is 6.07 Å². The number of aromatic carboxylic acids is 1. The van der Waals surface area contributed by atoms with Crippen molar-refractivity contribution < 1.29 is 14.7 Å². The van der Waals surface area contributed by atoms with Gasteiger partial charge in [-0.05, 0) is 13.0 Å². The van der Waals surface area contributed by atoms with Gasteiger partial charge in [0.1, 0.15) is 11.4 Å². The summed E-state index contributed by atoms with van der Waals surface area (Å²) in [5, 5.41) is 19.8. The zero-order valence-corrected chi connectivity index (χ0v) is 8.72. The third kappa shape index (κ3) is 2.79. The quantitative estimate of drug-likeness (QED) is 0.816. The van der Waals surface area contributed by atoms with Crippen LogP contribution in [0.25, 0.3) is 0 Å². The van der Waals surface area contributed by atoms with Gasteiger partial charge in [0.15, 0.2) is 0 Å². The number of amides is 1. The van der Waals surface area contributed by atoms with Crippen LogP contribution in [0.2, 0.25) is 0 Å². The summed E-state index contributed by atoms with van der Waals surface area (Å²) in [5.41, 5.74) is 0.0591. The summed E-state index contributed by atoms with van der Waals surface area (Å²) in [5.74, 6) is -1.59. The van der Waals surface area contributed by atoms with E-state index < -0.39 is 11.9 Å². The van der Waals surface area contributed by atoms with Crippen molar-refractivity contribution in [2.75, 3.05) is 5.32 Å². The SMILES string of the molecule is Cc1cc(C(=O)O)c(NC(=O)CC#N)s1. The summed E-state index contributed by atoms with van der Waals surface area (Å²) < 4.78 is 0. The molecule has 0 spiro atoms. The third-order valence-electron chi connectivity index (χ3n) is 1.58. The van der Waals surface area contributed by atoms with Gasteiger partial charge >= 0.3 is 5.97 Å². The van der Waals surface area contributed by atoms with E-state index in [1.54, 1.807) is 13.0 Å². The minimum Gasteiger partial charge on any atom is -0.478 e. The van der Waals surface area contributed by atoms with E-state index in [1.807, 2.05) is 0 Å². The van der Waals surface area contributed by atoms with Crippen LogP contribution in [0.3, 0.4) is 0 Å². The number of carbonyl (C=O) groups is 2. The number of carbonyl (C=O) groups excluding carboxylic acids is 1. The highest BCUT2D eigenvalue weighted by Gasteiger charge is 2.15. The van der Waals surface area contributed by atoms with E-state index in [0.717, 1.165) is 4.88 Å². The Bertz CT molecular complexity index is 445. The lowest BCUT2D eigenvalue weighted by molar-refractivity contribution is -0.115. The van der Waals surface area contributed by atoms with E-state index in [9.17, 15) is 9.59 Å². The number of aryl methyl sites for hydroxylation is 1. The number of nitrogens with zero attached hydrogens (tertiary/aromatic N) is 1. The second-order valence-corrected chi connectivity index (χ2v) is 4.04. The number of nitriles is 1. The molecule has 1 aromatic rings. The van der Waals surface area contributed by atoms with Crippen LogP contribution in [-0.4, -0.2) is 17.0 Å². The molecule has 5 nitrogen and oxygen atoms in total. The van der Waals surface area contributed by atoms with Crippen molar-refractivity contribution in [3.63, 3.8) is 0 Å². The topological polar surface area (TPSA) is 90.2 Å². The molecule has 0 aliphatic rings. The maximum Gasteiger partial charge on any atom is 0.338 e. The number of nitrogens with one attached hydrogen (secondary N) is 1. The fraction of sp³-hybridized carbons (Fsp3) is 0.222. The van der Waals surface area contributed by atoms with E-state index in [-0.39, 0.29) is 17.0 Å². The molecule has 0 aliphatic heterocycles. The lowest BCUT2D eigenvalue weighted by atomic mass is 10.3. The van der Waals surface area contributed by atoms with Crippen LogP contribution in [0.4, 0.5) is 5.00 Å². The van der Waals surface area contributed by atoms with Crippen molar-refractivity contribution in [1.29, 1.82) is 5.26 Å². The van der Waals surface area contributed by atoms with Gasteiger partial charge in [0, 0.05) is 4.88 Å². The van der Waals surface area contributed by atoms with Gasteiger partial charge in [0.05, 0.1) is 11.6 Å². The van der Waals surface area contributed by atoms with Crippen molar-refractivity contribution in [2.45, 2.75) is 13.3 Å². The zero-order chi connectivity index (χ0) is 11.4. The van der Waals surface area contributed by atoms with Gasteiger partial charge in [-0.1, -0.05) is 0 Å². The molecular weight excluding hydrogens is 216 g/mol. The summed E-state index contributed by atoms with van der Waals surface area (Å²) in [6, 6.07) is 3.17. The Morgan fingerprint density at radius 2 is 2.33 bits per heavy atom. The number of carboxylic acid groups (broad SMARTS) is 1. The number of hydrogen-bond acceptors (Lipinski definition) is 4. The van der Waals surface area contributed by atoms with Gasteiger partial charge < -0.3 is 10.4 Å². The normalized spacial score (nSPS) is 9.33. The Kier molecular flexibility index (Phi) is 3.42. The molecule has 0 bridgehead atoms. The van der Waals surface area contributed by atoms with Gasteiger partial charge in [-0.2, -0.15) is 5.26 Å². The van der Waals surface area contributed by atoms with Crippen molar-refractivity contribution in [3.05, 3.63) is 16.5 Å². The van der Waals surface area contributed by atoms with E-state index in [0.29, 0.717) is 0 Å². The molecular formula is C9H8N2O3S. The maximum absolute atomic E-state index is 11.1. The number of thiophene rings is 1. The highest BCUT2D eigenvalue weighted by molar-refractivity contribution is 7.16. The lowest BCUT2D eigenvalue weighted by Gasteiger charge is -1.99. The minimum atomic E-state index is -1.09. The Morgan fingerprint density at radius 1 is 1.67 bits per heavy atom. The summed E-state index contributed by atoms with van der Waals surface area (Å²) in [7, 11) is 0. The third-order valence-corrected chi connectivity index (χ3v) is 2.54. The van der Waals surface area contributed by atoms with Gasteiger partial charge in [-0.15, -0.1) is 11.3 Å². The van der Waals surface area contributed by atoms with Crippen LogP contribution < -0.4 is 5.32 Å². The summed E-state index contributed by atoms with van der Waals surface area (Å²) in [6.45, 7) is 1.75. The fourth-order valence-corrected chi connectivity index (χ4v) is 1.93. The average Bonchev–Trinajstić information content (AvgIpc) is 2.47. The summed E-state index contributed by atoms with van der Waals surface area (Å²) in [4.78, 5) is 22.6. The Morgan fingerprint density at radius 3 is 2.87 bits per heavy atom. The van der Waals surface area contributed by atoms with E-state index in [1.165, 1.54) is 17.4 Å². The van der Waals surface area contributed by atoms with Gasteiger partial charge in [0.25, 0.3) is 0 Å². The van der Waals surface area contributed by atoms with Gasteiger partial charge in [-0.25, -0.2) is 4.79 Å². The summed E-state index contributed by atoms with van der Waals surface area (Å²) in [6.07, 6.45) is -0.282. The molecule has 1 heterocycles. The maximum atomic E-state index is 11.1. The molecule has 2 N–H and O–H groups in total. The molecule has 0 fully saturated rings. The van der Waals surface area contributed by atoms with Crippen molar-refractivity contribution >= 4 is 28.2 Å². The Balaban J connectivity index is 2.90. The second-order valence-electron chi connectivity index (χ2n) is 2.79. The molecule has 0 unspecified atom stereocenters. The highest BCUT2D eigenvalue weighted by Crippen LogP contribution is 2.27. The number of hydrogen-bond donors (Lipinski definition) is 2. The second kappa shape index (κ2) is 4.57. The van der Waals surface area contributed by atoms with Crippen LogP contribution in [0.5, 0.6) is 0 Å².